The summed E-state index contributed by atoms with van der Waals surface area (Å²) in [6.45, 7) is 1.71. The summed E-state index contributed by atoms with van der Waals surface area (Å²) in [5.74, 6) is 0. The van der Waals surface area contributed by atoms with E-state index in [1.54, 1.807) is 0 Å². The number of nitrogens with one attached hydrogen (secondary N) is 1. The molecule has 0 aromatic rings. The molecular formula is C6H13NO3. The lowest BCUT2D eigenvalue weighted by Gasteiger charge is -2.25. The van der Waals surface area contributed by atoms with E-state index in [1.165, 1.54) is 6.92 Å². The summed E-state index contributed by atoms with van der Waals surface area (Å²) in [6, 6.07) is -0.400. The lowest BCUT2D eigenvalue weighted by atomic mass is 9.96. The van der Waals surface area contributed by atoms with E-state index in [0.717, 1.165) is 0 Å². The quantitative estimate of drug-likeness (QED) is 0.348. The SMILES string of the molecule is C[C@@]1(O)[C@H](O)CN[C@@H]1CO. The predicted molar refractivity (Wildman–Crippen MR) is 35.5 cm³/mol. The van der Waals surface area contributed by atoms with Gasteiger partial charge < -0.3 is 20.6 Å². The Morgan fingerprint density at radius 3 is 2.50 bits per heavy atom. The average Bonchev–Trinajstić information content (AvgIpc) is 2.10. The lowest BCUT2D eigenvalue weighted by Crippen LogP contribution is -2.47. The zero-order valence-corrected chi connectivity index (χ0v) is 5.91. The molecule has 4 nitrogen and oxygen atoms in total. The molecule has 3 atom stereocenters. The van der Waals surface area contributed by atoms with Crippen molar-refractivity contribution in [3.05, 3.63) is 0 Å². The van der Waals surface area contributed by atoms with Gasteiger partial charge in [0.2, 0.25) is 0 Å². The van der Waals surface area contributed by atoms with Crippen LogP contribution in [0.3, 0.4) is 0 Å². The molecule has 1 rings (SSSR count). The van der Waals surface area contributed by atoms with Crippen LogP contribution in [0.2, 0.25) is 0 Å². The van der Waals surface area contributed by atoms with E-state index in [2.05, 4.69) is 5.32 Å². The van der Waals surface area contributed by atoms with Crippen molar-refractivity contribution in [1.82, 2.24) is 5.32 Å². The van der Waals surface area contributed by atoms with Gasteiger partial charge in [0.1, 0.15) is 5.60 Å². The maximum absolute atomic E-state index is 9.45. The Hall–Kier alpha value is -0.160. The average molecular weight is 147 g/mol. The zero-order chi connectivity index (χ0) is 7.78. The van der Waals surface area contributed by atoms with Crippen LogP contribution in [-0.4, -0.2) is 46.2 Å². The summed E-state index contributed by atoms with van der Waals surface area (Å²) in [6.07, 6.45) is -0.773. The first-order valence-corrected chi connectivity index (χ1v) is 3.33. The van der Waals surface area contributed by atoms with E-state index in [0.29, 0.717) is 6.54 Å². The largest absolute Gasteiger partial charge is 0.395 e. The van der Waals surface area contributed by atoms with Crippen LogP contribution in [0.5, 0.6) is 0 Å². The molecule has 0 saturated carbocycles. The summed E-state index contributed by atoms with van der Waals surface area (Å²) >= 11 is 0. The topological polar surface area (TPSA) is 72.7 Å². The lowest BCUT2D eigenvalue weighted by molar-refractivity contribution is -0.0539. The number of aliphatic hydroxyl groups excluding tert-OH is 2. The molecule has 4 heteroatoms. The van der Waals surface area contributed by atoms with E-state index in [1.807, 2.05) is 0 Å². The second kappa shape index (κ2) is 2.47. The number of rotatable bonds is 1. The van der Waals surface area contributed by atoms with Crippen molar-refractivity contribution in [3.8, 4) is 0 Å². The van der Waals surface area contributed by atoms with Gasteiger partial charge in [0.15, 0.2) is 0 Å². The molecule has 4 N–H and O–H groups in total. The van der Waals surface area contributed by atoms with Gasteiger partial charge in [0.25, 0.3) is 0 Å². The summed E-state index contributed by atoms with van der Waals surface area (Å²) in [5, 5.41) is 30.1. The van der Waals surface area contributed by atoms with Crippen LogP contribution in [0, 0.1) is 0 Å². The molecule has 60 valence electrons. The van der Waals surface area contributed by atoms with E-state index >= 15 is 0 Å². The molecule has 0 bridgehead atoms. The van der Waals surface area contributed by atoms with Crippen LogP contribution in [-0.2, 0) is 0 Å². The highest BCUT2D eigenvalue weighted by Crippen LogP contribution is 2.20. The summed E-state index contributed by atoms with van der Waals surface area (Å²) in [7, 11) is 0. The third-order valence-corrected chi connectivity index (χ3v) is 2.12. The second-order valence-electron chi connectivity index (χ2n) is 2.89. The van der Waals surface area contributed by atoms with Crippen molar-refractivity contribution in [3.63, 3.8) is 0 Å². The fourth-order valence-corrected chi connectivity index (χ4v) is 1.15. The number of hydrogen-bond acceptors (Lipinski definition) is 4. The van der Waals surface area contributed by atoms with Crippen LogP contribution in [0.4, 0.5) is 0 Å². The predicted octanol–water partition coefficient (Wildman–Crippen LogP) is -1.94. The standard InChI is InChI=1S/C6H13NO3/c1-6(10)4(3-8)7-2-5(6)9/h4-5,7-10H,2-3H2,1H3/t4-,5-,6+/m1/s1. The Labute approximate surface area is 59.5 Å². The normalized spacial score (nSPS) is 48.0. The van der Waals surface area contributed by atoms with Crippen molar-refractivity contribution >= 4 is 0 Å². The van der Waals surface area contributed by atoms with Crippen LogP contribution >= 0.6 is 0 Å². The molecule has 1 aliphatic rings. The molecular weight excluding hydrogens is 134 g/mol. The maximum Gasteiger partial charge on any atom is 0.106 e. The van der Waals surface area contributed by atoms with Crippen molar-refractivity contribution in [2.75, 3.05) is 13.2 Å². The van der Waals surface area contributed by atoms with Crippen LogP contribution in [0.25, 0.3) is 0 Å². The van der Waals surface area contributed by atoms with Crippen molar-refractivity contribution in [1.29, 1.82) is 0 Å². The molecule has 0 amide bonds. The third-order valence-electron chi connectivity index (χ3n) is 2.12. The molecule has 0 aliphatic carbocycles. The Morgan fingerprint density at radius 1 is 1.70 bits per heavy atom. The molecule has 0 radical (unpaired) electrons. The van der Waals surface area contributed by atoms with E-state index < -0.39 is 17.7 Å². The second-order valence-corrected chi connectivity index (χ2v) is 2.89. The van der Waals surface area contributed by atoms with E-state index in [4.69, 9.17) is 10.2 Å². The van der Waals surface area contributed by atoms with Gasteiger partial charge in [0, 0.05) is 6.54 Å². The minimum Gasteiger partial charge on any atom is -0.395 e. The van der Waals surface area contributed by atoms with Crippen molar-refractivity contribution in [2.45, 2.75) is 24.7 Å². The van der Waals surface area contributed by atoms with E-state index in [-0.39, 0.29) is 6.61 Å². The highest BCUT2D eigenvalue weighted by Gasteiger charge is 2.43. The highest BCUT2D eigenvalue weighted by atomic mass is 16.3. The number of hydrogen-bond donors (Lipinski definition) is 4. The Kier molecular flexibility index (Phi) is 1.96. The van der Waals surface area contributed by atoms with Gasteiger partial charge in [-0.3, -0.25) is 0 Å². The van der Waals surface area contributed by atoms with Crippen molar-refractivity contribution in [2.24, 2.45) is 0 Å². The fourth-order valence-electron chi connectivity index (χ4n) is 1.15. The molecule has 1 heterocycles. The molecule has 1 aliphatic heterocycles. The third kappa shape index (κ3) is 1.03. The first kappa shape index (κ1) is 7.94. The number of aliphatic hydroxyl groups is 3. The number of β-amino-alcohol motifs (C(OH)–C–C–N with tert-alkyl or cyclic N) is 1. The van der Waals surface area contributed by atoms with Gasteiger partial charge in [-0.25, -0.2) is 0 Å². The van der Waals surface area contributed by atoms with E-state index in [9.17, 15) is 5.11 Å². The zero-order valence-electron chi connectivity index (χ0n) is 5.91. The van der Waals surface area contributed by atoms with Crippen LogP contribution in [0.1, 0.15) is 6.92 Å². The molecule has 0 aromatic carbocycles. The summed E-state index contributed by atoms with van der Waals surface area (Å²) in [4.78, 5) is 0. The smallest absolute Gasteiger partial charge is 0.106 e. The Bertz CT molecular complexity index is 126. The summed E-state index contributed by atoms with van der Waals surface area (Å²) < 4.78 is 0. The first-order valence-electron chi connectivity index (χ1n) is 3.33. The van der Waals surface area contributed by atoms with Crippen LogP contribution in [0.15, 0.2) is 0 Å². The molecule has 0 aromatic heterocycles. The van der Waals surface area contributed by atoms with Crippen molar-refractivity contribution < 1.29 is 15.3 Å². The Balaban J connectivity index is 2.64. The fraction of sp³-hybridized carbons (Fsp3) is 1.00. The Morgan fingerprint density at radius 2 is 2.30 bits per heavy atom. The first-order chi connectivity index (χ1) is 4.59. The summed E-state index contributed by atoms with van der Waals surface area (Å²) in [5.41, 5.74) is -1.19. The maximum atomic E-state index is 9.45. The molecule has 0 unspecified atom stereocenters. The molecule has 10 heavy (non-hydrogen) atoms. The highest BCUT2D eigenvalue weighted by molar-refractivity contribution is 5.00. The monoisotopic (exact) mass is 147 g/mol. The minimum absolute atomic E-state index is 0.149. The van der Waals surface area contributed by atoms with Gasteiger partial charge in [-0.2, -0.15) is 0 Å². The van der Waals surface area contributed by atoms with Crippen LogP contribution < -0.4 is 5.32 Å². The van der Waals surface area contributed by atoms with Gasteiger partial charge >= 0.3 is 0 Å². The van der Waals surface area contributed by atoms with Gasteiger partial charge in [-0.05, 0) is 6.92 Å². The molecule has 1 saturated heterocycles. The molecule has 0 spiro atoms. The molecule has 1 fully saturated rings. The van der Waals surface area contributed by atoms with Gasteiger partial charge in [-0.1, -0.05) is 0 Å². The minimum atomic E-state index is -1.19. The van der Waals surface area contributed by atoms with Gasteiger partial charge in [-0.15, -0.1) is 0 Å². The van der Waals surface area contributed by atoms with Gasteiger partial charge in [0.05, 0.1) is 18.8 Å².